The number of anilines is 1. The number of hydrogen-bond donors (Lipinski definition) is 2. The van der Waals surface area contributed by atoms with E-state index in [1.165, 1.54) is 0 Å². The van der Waals surface area contributed by atoms with Crippen LogP contribution < -0.4 is 5.32 Å². The van der Waals surface area contributed by atoms with Gasteiger partial charge in [-0.2, -0.15) is 0 Å². The minimum atomic E-state index is -0.815. The van der Waals surface area contributed by atoms with E-state index < -0.39 is 5.97 Å². The molecule has 0 fully saturated rings. The smallest absolute Gasteiger partial charge is 0.305 e. The van der Waals surface area contributed by atoms with Gasteiger partial charge in [-0.15, -0.1) is 0 Å². The van der Waals surface area contributed by atoms with Crippen molar-refractivity contribution in [1.82, 2.24) is 4.98 Å². The Morgan fingerprint density at radius 1 is 1.62 bits per heavy atom. The summed E-state index contributed by atoms with van der Waals surface area (Å²) in [4.78, 5) is 14.2. The summed E-state index contributed by atoms with van der Waals surface area (Å²) in [6.07, 6.45) is 1.75. The third-order valence-corrected chi connectivity index (χ3v) is 1.84. The highest BCUT2D eigenvalue weighted by atomic mass is 79.9. The Morgan fingerprint density at radius 3 is 2.92 bits per heavy atom. The lowest BCUT2D eigenvalue weighted by Crippen LogP contribution is -2.08. The summed E-state index contributed by atoms with van der Waals surface area (Å²) in [5, 5.41) is 11.3. The summed E-state index contributed by atoms with van der Waals surface area (Å²) in [6, 6.07) is 3.63. The fourth-order valence-corrected chi connectivity index (χ4v) is 1.01. The predicted molar refractivity (Wildman–Crippen MR) is 52.7 cm³/mol. The predicted octanol–water partition coefficient (Wildman–Crippen LogP) is 1.73. The molecule has 0 amide bonds. The topological polar surface area (TPSA) is 62.2 Å². The number of hydrogen-bond acceptors (Lipinski definition) is 3. The second-order valence-electron chi connectivity index (χ2n) is 2.43. The first-order valence-corrected chi connectivity index (χ1v) is 4.55. The van der Waals surface area contributed by atoms with E-state index in [0.29, 0.717) is 12.4 Å². The van der Waals surface area contributed by atoms with Gasteiger partial charge in [0.2, 0.25) is 0 Å². The van der Waals surface area contributed by atoms with E-state index in [9.17, 15) is 4.79 Å². The number of aliphatic carboxylic acids is 1. The normalized spacial score (nSPS) is 9.62. The zero-order valence-electron chi connectivity index (χ0n) is 6.83. The molecule has 0 aliphatic carbocycles. The molecule has 1 aromatic heterocycles. The number of nitrogens with zero attached hydrogens (tertiary/aromatic N) is 1. The highest BCUT2D eigenvalue weighted by molar-refractivity contribution is 9.10. The number of carboxylic acids is 1. The van der Waals surface area contributed by atoms with Gasteiger partial charge in [0.25, 0.3) is 0 Å². The molecule has 0 unspecified atom stereocenters. The van der Waals surface area contributed by atoms with Gasteiger partial charge in [-0.1, -0.05) is 0 Å². The maximum atomic E-state index is 10.2. The van der Waals surface area contributed by atoms with E-state index in [4.69, 9.17) is 5.11 Å². The first kappa shape index (κ1) is 9.98. The van der Waals surface area contributed by atoms with E-state index in [2.05, 4.69) is 26.2 Å². The van der Waals surface area contributed by atoms with Crippen molar-refractivity contribution < 1.29 is 9.90 Å². The monoisotopic (exact) mass is 244 g/mol. The number of rotatable bonds is 4. The van der Waals surface area contributed by atoms with E-state index in [0.717, 1.165) is 4.47 Å². The van der Waals surface area contributed by atoms with Crippen LogP contribution in [-0.2, 0) is 4.79 Å². The molecular formula is C8H9BrN2O2. The number of carbonyl (C=O) groups is 1. The molecule has 1 heterocycles. The van der Waals surface area contributed by atoms with Crippen molar-refractivity contribution in [3.63, 3.8) is 0 Å². The Kier molecular flexibility index (Phi) is 3.70. The van der Waals surface area contributed by atoms with Crippen molar-refractivity contribution in [3.8, 4) is 0 Å². The molecule has 70 valence electrons. The highest BCUT2D eigenvalue weighted by Gasteiger charge is 1.96. The average molecular weight is 245 g/mol. The lowest BCUT2D eigenvalue weighted by atomic mass is 10.4. The van der Waals surface area contributed by atoms with Crippen LogP contribution in [0.15, 0.2) is 22.8 Å². The third kappa shape index (κ3) is 3.89. The molecule has 13 heavy (non-hydrogen) atoms. The zero-order valence-corrected chi connectivity index (χ0v) is 8.41. The summed E-state index contributed by atoms with van der Waals surface area (Å²) in [5.41, 5.74) is 0. The Morgan fingerprint density at radius 2 is 2.38 bits per heavy atom. The molecule has 0 atom stereocenters. The Balaban J connectivity index is 2.37. The fourth-order valence-electron chi connectivity index (χ4n) is 0.778. The molecule has 1 aromatic rings. The number of pyridine rings is 1. The quantitative estimate of drug-likeness (QED) is 0.847. The van der Waals surface area contributed by atoms with Crippen LogP contribution in [0.25, 0.3) is 0 Å². The van der Waals surface area contributed by atoms with E-state index >= 15 is 0 Å². The van der Waals surface area contributed by atoms with Crippen LogP contribution in [0, 0.1) is 0 Å². The molecule has 0 aliphatic heterocycles. The Labute approximate surface area is 84.1 Å². The van der Waals surface area contributed by atoms with Crippen LogP contribution in [-0.4, -0.2) is 22.6 Å². The van der Waals surface area contributed by atoms with Crippen LogP contribution >= 0.6 is 15.9 Å². The first-order chi connectivity index (χ1) is 6.18. The summed E-state index contributed by atoms with van der Waals surface area (Å²) in [6.45, 7) is 0.393. The molecule has 5 heteroatoms. The van der Waals surface area contributed by atoms with Gasteiger partial charge in [-0.05, 0) is 28.1 Å². The standard InChI is InChI=1S/C8H9BrN2O2/c9-6-1-2-7(11-5-6)10-4-3-8(12)13/h1-2,5H,3-4H2,(H,10,11)(H,12,13). The third-order valence-electron chi connectivity index (χ3n) is 1.37. The lowest BCUT2D eigenvalue weighted by Gasteiger charge is -2.02. The van der Waals surface area contributed by atoms with Crippen molar-refractivity contribution in [1.29, 1.82) is 0 Å². The highest BCUT2D eigenvalue weighted by Crippen LogP contribution is 2.09. The van der Waals surface area contributed by atoms with Gasteiger partial charge in [0.15, 0.2) is 0 Å². The number of nitrogens with one attached hydrogen (secondary N) is 1. The molecule has 4 nitrogen and oxygen atoms in total. The minimum absolute atomic E-state index is 0.0950. The Hall–Kier alpha value is -1.10. The number of carboxylic acid groups (broad SMARTS) is 1. The molecular weight excluding hydrogens is 236 g/mol. The van der Waals surface area contributed by atoms with Crippen molar-refractivity contribution in [2.75, 3.05) is 11.9 Å². The molecule has 0 aliphatic rings. The van der Waals surface area contributed by atoms with Crippen molar-refractivity contribution >= 4 is 27.7 Å². The molecule has 0 radical (unpaired) electrons. The number of halogens is 1. The maximum absolute atomic E-state index is 10.2. The Bertz CT molecular complexity index is 287. The van der Waals surface area contributed by atoms with Gasteiger partial charge in [0.1, 0.15) is 5.82 Å². The average Bonchev–Trinajstić information content (AvgIpc) is 2.08. The molecule has 0 bridgehead atoms. The van der Waals surface area contributed by atoms with E-state index in [1.54, 1.807) is 12.3 Å². The minimum Gasteiger partial charge on any atom is -0.481 e. The zero-order chi connectivity index (χ0) is 9.68. The molecule has 0 aromatic carbocycles. The van der Waals surface area contributed by atoms with Gasteiger partial charge >= 0.3 is 5.97 Å². The number of aromatic nitrogens is 1. The second-order valence-corrected chi connectivity index (χ2v) is 3.35. The molecule has 0 spiro atoms. The van der Waals surface area contributed by atoms with Crippen LogP contribution in [0.1, 0.15) is 6.42 Å². The van der Waals surface area contributed by atoms with E-state index in [-0.39, 0.29) is 6.42 Å². The summed E-state index contributed by atoms with van der Waals surface area (Å²) < 4.78 is 0.899. The lowest BCUT2D eigenvalue weighted by molar-refractivity contribution is -0.136. The molecule has 2 N–H and O–H groups in total. The largest absolute Gasteiger partial charge is 0.481 e. The summed E-state index contributed by atoms with van der Waals surface area (Å²) in [5.74, 6) is -0.130. The van der Waals surface area contributed by atoms with Crippen LogP contribution in [0.4, 0.5) is 5.82 Å². The van der Waals surface area contributed by atoms with E-state index in [1.807, 2.05) is 6.07 Å². The van der Waals surface area contributed by atoms with Gasteiger partial charge in [0.05, 0.1) is 6.42 Å². The van der Waals surface area contributed by atoms with Crippen molar-refractivity contribution in [2.45, 2.75) is 6.42 Å². The fraction of sp³-hybridized carbons (Fsp3) is 0.250. The van der Waals surface area contributed by atoms with Gasteiger partial charge in [-0.3, -0.25) is 4.79 Å². The summed E-state index contributed by atoms with van der Waals surface area (Å²) >= 11 is 3.25. The first-order valence-electron chi connectivity index (χ1n) is 3.75. The van der Waals surface area contributed by atoms with Gasteiger partial charge < -0.3 is 10.4 Å². The SMILES string of the molecule is O=C(O)CCNc1ccc(Br)cn1. The maximum Gasteiger partial charge on any atom is 0.305 e. The van der Waals surface area contributed by atoms with Crippen LogP contribution in [0.5, 0.6) is 0 Å². The second kappa shape index (κ2) is 4.81. The van der Waals surface area contributed by atoms with Crippen molar-refractivity contribution in [3.05, 3.63) is 22.8 Å². The summed E-state index contributed by atoms with van der Waals surface area (Å²) in [7, 11) is 0. The molecule has 0 saturated carbocycles. The van der Waals surface area contributed by atoms with Crippen LogP contribution in [0.2, 0.25) is 0 Å². The molecule has 1 rings (SSSR count). The van der Waals surface area contributed by atoms with Gasteiger partial charge in [0, 0.05) is 17.2 Å². The van der Waals surface area contributed by atoms with Crippen LogP contribution in [0.3, 0.4) is 0 Å². The van der Waals surface area contributed by atoms with Crippen molar-refractivity contribution in [2.24, 2.45) is 0 Å². The molecule has 0 saturated heterocycles. The van der Waals surface area contributed by atoms with Gasteiger partial charge in [-0.25, -0.2) is 4.98 Å².